The number of nitrogens with zero attached hydrogens (tertiary/aromatic N) is 4. The summed E-state index contributed by atoms with van der Waals surface area (Å²) in [5.74, 6) is 2.27. The standard InChI is InChI=1S/C17H26N4O/c22-17(16-9-15(16)13-5-2-1-3-6-13)20-8-4-7-14(10-20)21-12-18-11-19-21/h11-16H,1-10H2/t14-,15-,16-/m1/s1. The van der Waals surface area contributed by atoms with Crippen LogP contribution in [-0.4, -0.2) is 38.7 Å². The van der Waals surface area contributed by atoms with Crippen LogP contribution in [-0.2, 0) is 4.79 Å². The van der Waals surface area contributed by atoms with E-state index in [2.05, 4.69) is 15.0 Å². The van der Waals surface area contributed by atoms with E-state index in [0.717, 1.165) is 38.3 Å². The van der Waals surface area contributed by atoms with Gasteiger partial charge in [0.2, 0.25) is 5.91 Å². The van der Waals surface area contributed by atoms with Crippen LogP contribution in [0.3, 0.4) is 0 Å². The van der Waals surface area contributed by atoms with Crippen LogP contribution in [0, 0.1) is 17.8 Å². The van der Waals surface area contributed by atoms with Crippen molar-refractivity contribution in [3.05, 3.63) is 12.7 Å². The Labute approximate surface area is 132 Å². The third-order valence-electron chi connectivity index (χ3n) is 5.93. The zero-order valence-corrected chi connectivity index (χ0v) is 13.2. The molecule has 5 heteroatoms. The number of hydrogen-bond acceptors (Lipinski definition) is 3. The highest BCUT2D eigenvalue weighted by Gasteiger charge is 2.49. The van der Waals surface area contributed by atoms with Crippen LogP contribution in [0.4, 0.5) is 0 Å². The van der Waals surface area contributed by atoms with Crippen LogP contribution >= 0.6 is 0 Å². The molecule has 1 aromatic rings. The molecule has 3 atom stereocenters. The van der Waals surface area contributed by atoms with Gasteiger partial charge in [-0.15, -0.1) is 0 Å². The SMILES string of the molecule is O=C([C@@H]1C[C@@H]1C1CCCCC1)N1CCC[C@@H](n2cncn2)C1. The second-order valence-corrected chi connectivity index (χ2v) is 7.36. The van der Waals surface area contributed by atoms with Crippen molar-refractivity contribution in [3.8, 4) is 0 Å². The molecule has 1 aromatic heterocycles. The average Bonchev–Trinajstić information content (AvgIpc) is 3.19. The summed E-state index contributed by atoms with van der Waals surface area (Å²) in [6.45, 7) is 1.74. The molecular formula is C17H26N4O. The maximum Gasteiger partial charge on any atom is 0.226 e. The van der Waals surface area contributed by atoms with Crippen molar-refractivity contribution in [1.29, 1.82) is 0 Å². The maximum atomic E-state index is 12.8. The van der Waals surface area contributed by atoms with E-state index in [0.29, 0.717) is 23.8 Å². The molecule has 1 aliphatic heterocycles. The molecule has 1 saturated heterocycles. The maximum absolute atomic E-state index is 12.8. The highest BCUT2D eigenvalue weighted by atomic mass is 16.2. The monoisotopic (exact) mass is 302 g/mol. The second kappa shape index (κ2) is 6.01. The highest BCUT2D eigenvalue weighted by Crippen LogP contribution is 2.50. The fraction of sp³-hybridized carbons (Fsp3) is 0.824. The topological polar surface area (TPSA) is 51.0 Å². The Balaban J connectivity index is 1.35. The summed E-state index contributed by atoms with van der Waals surface area (Å²) >= 11 is 0. The van der Waals surface area contributed by atoms with Gasteiger partial charge in [0, 0.05) is 19.0 Å². The van der Waals surface area contributed by atoms with Crippen molar-refractivity contribution < 1.29 is 4.79 Å². The van der Waals surface area contributed by atoms with Gasteiger partial charge in [0.25, 0.3) is 0 Å². The number of hydrogen-bond donors (Lipinski definition) is 0. The van der Waals surface area contributed by atoms with Gasteiger partial charge in [0.05, 0.1) is 6.04 Å². The molecule has 3 aliphatic rings. The number of rotatable bonds is 3. The number of aromatic nitrogens is 3. The zero-order chi connectivity index (χ0) is 14.9. The summed E-state index contributed by atoms with van der Waals surface area (Å²) in [6.07, 6.45) is 13.6. The molecule has 0 aromatic carbocycles. The first kappa shape index (κ1) is 14.2. The van der Waals surface area contributed by atoms with Gasteiger partial charge in [0.15, 0.2) is 0 Å². The van der Waals surface area contributed by atoms with Gasteiger partial charge in [-0.3, -0.25) is 4.79 Å². The van der Waals surface area contributed by atoms with Gasteiger partial charge >= 0.3 is 0 Å². The third-order valence-corrected chi connectivity index (χ3v) is 5.93. The van der Waals surface area contributed by atoms with E-state index in [1.54, 1.807) is 12.7 Å². The Morgan fingerprint density at radius 1 is 1.09 bits per heavy atom. The number of carbonyl (C=O) groups is 1. The first-order valence-corrected chi connectivity index (χ1v) is 8.96. The number of carbonyl (C=O) groups excluding carboxylic acids is 1. The van der Waals surface area contributed by atoms with E-state index < -0.39 is 0 Å². The van der Waals surface area contributed by atoms with Crippen LogP contribution in [0.5, 0.6) is 0 Å². The Morgan fingerprint density at radius 3 is 2.73 bits per heavy atom. The van der Waals surface area contributed by atoms with E-state index in [-0.39, 0.29) is 0 Å². The summed E-state index contributed by atoms with van der Waals surface area (Å²) in [5, 5.41) is 4.25. The molecule has 2 saturated carbocycles. The number of piperidine rings is 1. The van der Waals surface area contributed by atoms with Gasteiger partial charge in [-0.05, 0) is 31.1 Å². The summed E-state index contributed by atoms with van der Waals surface area (Å²) in [4.78, 5) is 18.9. The van der Waals surface area contributed by atoms with Crippen LogP contribution in [0.15, 0.2) is 12.7 Å². The Hall–Kier alpha value is -1.39. The molecule has 0 unspecified atom stereocenters. The Morgan fingerprint density at radius 2 is 1.95 bits per heavy atom. The van der Waals surface area contributed by atoms with Crippen LogP contribution < -0.4 is 0 Å². The minimum atomic E-state index is 0.312. The molecule has 2 heterocycles. The van der Waals surface area contributed by atoms with Gasteiger partial charge in [0.1, 0.15) is 12.7 Å². The molecule has 22 heavy (non-hydrogen) atoms. The molecule has 4 rings (SSSR count). The fourth-order valence-electron chi connectivity index (χ4n) is 4.59. The lowest BCUT2D eigenvalue weighted by Gasteiger charge is -2.33. The molecule has 0 spiro atoms. The van der Waals surface area contributed by atoms with Crippen molar-refractivity contribution in [2.24, 2.45) is 17.8 Å². The number of amides is 1. The van der Waals surface area contributed by atoms with Crippen LogP contribution in [0.2, 0.25) is 0 Å². The second-order valence-electron chi connectivity index (χ2n) is 7.36. The van der Waals surface area contributed by atoms with Crippen molar-refractivity contribution in [3.63, 3.8) is 0 Å². The van der Waals surface area contributed by atoms with Crippen molar-refractivity contribution >= 4 is 5.91 Å². The molecule has 0 radical (unpaired) electrons. The molecule has 5 nitrogen and oxygen atoms in total. The Kier molecular flexibility index (Phi) is 3.89. The molecule has 120 valence electrons. The molecule has 0 bridgehead atoms. The van der Waals surface area contributed by atoms with Crippen molar-refractivity contribution in [2.45, 2.75) is 57.4 Å². The quantitative estimate of drug-likeness (QED) is 0.862. The van der Waals surface area contributed by atoms with Crippen molar-refractivity contribution in [2.75, 3.05) is 13.1 Å². The third kappa shape index (κ3) is 2.77. The normalized spacial score (nSPS) is 32.9. The molecule has 3 fully saturated rings. The van der Waals surface area contributed by atoms with Gasteiger partial charge in [-0.25, -0.2) is 9.67 Å². The lowest BCUT2D eigenvalue weighted by molar-refractivity contribution is -0.134. The number of likely N-dealkylation sites (tertiary alicyclic amines) is 1. The summed E-state index contributed by atoms with van der Waals surface area (Å²) < 4.78 is 1.92. The largest absolute Gasteiger partial charge is 0.340 e. The van der Waals surface area contributed by atoms with Gasteiger partial charge < -0.3 is 4.90 Å². The predicted octanol–water partition coefficient (Wildman–Crippen LogP) is 2.66. The van der Waals surface area contributed by atoms with E-state index in [1.165, 1.54) is 32.1 Å². The van der Waals surface area contributed by atoms with Crippen molar-refractivity contribution in [1.82, 2.24) is 19.7 Å². The summed E-state index contributed by atoms with van der Waals surface area (Å²) in [7, 11) is 0. The van der Waals surface area contributed by atoms with E-state index in [4.69, 9.17) is 0 Å². The van der Waals surface area contributed by atoms with E-state index in [9.17, 15) is 4.79 Å². The molecule has 2 aliphatic carbocycles. The fourth-order valence-corrected chi connectivity index (χ4v) is 4.59. The zero-order valence-electron chi connectivity index (χ0n) is 13.2. The highest BCUT2D eigenvalue weighted by molar-refractivity contribution is 5.81. The first-order chi connectivity index (χ1) is 10.8. The molecular weight excluding hydrogens is 276 g/mol. The van der Waals surface area contributed by atoms with Gasteiger partial charge in [-0.1, -0.05) is 32.1 Å². The smallest absolute Gasteiger partial charge is 0.226 e. The first-order valence-electron chi connectivity index (χ1n) is 8.96. The predicted molar refractivity (Wildman–Crippen MR) is 83.0 cm³/mol. The molecule has 0 N–H and O–H groups in total. The van der Waals surface area contributed by atoms with Crippen LogP contribution in [0.1, 0.15) is 57.4 Å². The van der Waals surface area contributed by atoms with E-state index in [1.807, 2.05) is 4.68 Å². The Bertz CT molecular complexity index is 509. The van der Waals surface area contributed by atoms with E-state index >= 15 is 0 Å². The lowest BCUT2D eigenvalue weighted by Crippen LogP contribution is -2.42. The lowest BCUT2D eigenvalue weighted by atomic mass is 9.85. The summed E-state index contributed by atoms with van der Waals surface area (Å²) in [6, 6.07) is 0.312. The minimum Gasteiger partial charge on any atom is -0.340 e. The van der Waals surface area contributed by atoms with Crippen LogP contribution in [0.25, 0.3) is 0 Å². The molecule has 1 amide bonds. The van der Waals surface area contributed by atoms with Gasteiger partial charge in [-0.2, -0.15) is 5.10 Å². The summed E-state index contributed by atoms with van der Waals surface area (Å²) in [5.41, 5.74) is 0. The average molecular weight is 302 g/mol. The minimum absolute atomic E-state index is 0.312.